The van der Waals surface area contributed by atoms with Gasteiger partial charge in [-0.1, -0.05) is 50.3 Å². The lowest BCUT2D eigenvalue weighted by Gasteiger charge is -2.49. The molecule has 0 amide bonds. The summed E-state index contributed by atoms with van der Waals surface area (Å²) in [6, 6.07) is 8.49. The highest BCUT2D eigenvalue weighted by atomic mass is 16.5. The standard InChI is InChI=1S/C27H30N2O.C3H8O/c1-6-10-22-21(7-2)28-25-23-19-15-16(3)13-14-20(19)27(4,5)30-26(23)18-12-9-8-11-17(18)24(25)29-22;1-3-4-2/h6-12,16,19-20H,2,13-15H2,1,3-5H3;3H2,1-2H3/b10-6-;. The minimum atomic E-state index is -0.187. The fourth-order valence-electron chi connectivity index (χ4n) is 5.73. The number of methoxy groups -OCH3 is 1. The molecule has 1 fully saturated rings. The van der Waals surface area contributed by atoms with E-state index in [0.29, 0.717) is 17.8 Å². The molecule has 0 N–H and O–H groups in total. The van der Waals surface area contributed by atoms with Crippen LogP contribution < -0.4 is 4.74 Å². The second-order valence-corrected chi connectivity index (χ2v) is 10.1. The summed E-state index contributed by atoms with van der Waals surface area (Å²) in [7, 11) is 1.68. The number of ether oxygens (including phenoxy) is 2. The highest BCUT2D eigenvalue weighted by Gasteiger charge is 2.47. The molecule has 180 valence electrons. The molecular weight excluding hydrogens is 420 g/mol. The molecule has 2 aliphatic rings. The van der Waals surface area contributed by atoms with Gasteiger partial charge in [-0.05, 0) is 64.5 Å². The van der Waals surface area contributed by atoms with Crippen LogP contribution in [0.4, 0.5) is 0 Å². The minimum Gasteiger partial charge on any atom is -0.487 e. The van der Waals surface area contributed by atoms with Crippen LogP contribution >= 0.6 is 0 Å². The molecule has 5 rings (SSSR count). The largest absolute Gasteiger partial charge is 0.487 e. The summed E-state index contributed by atoms with van der Waals surface area (Å²) < 4.78 is 11.3. The van der Waals surface area contributed by atoms with E-state index in [1.54, 1.807) is 7.11 Å². The van der Waals surface area contributed by atoms with Crippen molar-refractivity contribution in [2.24, 2.45) is 11.8 Å². The summed E-state index contributed by atoms with van der Waals surface area (Å²) in [5.74, 6) is 2.67. The van der Waals surface area contributed by atoms with E-state index in [2.05, 4.69) is 56.4 Å². The van der Waals surface area contributed by atoms with Crippen LogP contribution in [-0.4, -0.2) is 29.3 Å². The molecular formula is C30H38N2O2. The number of benzene rings is 2. The third-order valence-electron chi connectivity index (χ3n) is 7.43. The molecule has 2 heterocycles. The van der Waals surface area contributed by atoms with Crippen LogP contribution in [0.3, 0.4) is 0 Å². The van der Waals surface area contributed by atoms with Gasteiger partial charge >= 0.3 is 0 Å². The monoisotopic (exact) mass is 458 g/mol. The molecule has 1 aliphatic heterocycles. The number of aromatic nitrogens is 2. The summed E-state index contributed by atoms with van der Waals surface area (Å²) in [5.41, 5.74) is 4.75. The van der Waals surface area contributed by atoms with Crippen molar-refractivity contribution in [2.45, 2.75) is 65.4 Å². The Labute approximate surface area is 204 Å². The second kappa shape index (κ2) is 9.87. The maximum atomic E-state index is 6.79. The van der Waals surface area contributed by atoms with Gasteiger partial charge in [0.15, 0.2) is 0 Å². The Hall–Kier alpha value is -2.72. The van der Waals surface area contributed by atoms with E-state index in [1.807, 2.05) is 32.1 Å². The van der Waals surface area contributed by atoms with E-state index < -0.39 is 0 Å². The third kappa shape index (κ3) is 4.24. The number of hydrogen-bond acceptors (Lipinski definition) is 4. The summed E-state index contributed by atoms with van der Waals surface area (Å²) >= 11 is 0. The van der Waals surface area contributed by atoms with Gasteiger partial charge < -0.3 is 9.47 Å². The zero-order valence-electron chi connectivity index (χ0n) is 21.5. The van der Waals surface area contributed by atoms with Gasteiger partial charge in [0.25, 0.3) is 0 Å². The lowest BCUT2D eigenvalue weighted by atomic mass is 9.64. The normalized spacial score (nSPS) is 23.1. The van der Waals surface area contributed by atoms with Gasteiger partial charge in [0.2, 0.25) is 0 Å². The van der Waals surface area contributed by atoms with E-state index in [0.717, 1.165) is 45.6 Å². The zero-order valence-corrected chi connectivity index (χ0v) is 21.5. The first kappa shape index (κ1) is 24.4. The van der Waals surface area contributed by atoms with Crippen LogP contribution in [0.1, 0.15) is 76.8 Å². The van der Waals surface area contributed by atoms with Crippen molar-refractivity contribution in [1.82, 2.24) is 9.97 Å². The first-order valence-electron chi connectivity index (χ1n) is 12.6. The highest BCUT2D eigenvalue weighted by Crippen LogP contribution is 2.56. The topological polar surface area (TPSA) is 44.2 Å². The van der Waals surface area contributed by atoms with Crippen LogP contribution in [0.15, 0.2) is 36.9 Å². The van der Waals surface area contributed by atoms with E-state index >= 15 is 0 Å². The molecule has 3 aromatic rings. The minimum absolute atomic E-state index is 0.187. The van der Waals surface area contributed by atoms with E-state index in [9.17, 15) is 0 Å². The summed E-state index contributed by atoms with van der Waals surface area (Å²) in [5, 5.41) is 2.26. The lowest BCUT2D eigenvalue weighted by Crippen LogP contribution is -2.46. The molecule has 0 radical (unpaired) electrons. The first-order valence-corrected chi connectivity index (χ1v) is 12.6. The van der Waals surface area contributed by atoms with Crippen molar-refractivity contribution in [1.29, 1.82) is 0 Å². The zero-order chi connectivity index (χ0) is 24.5. The molecule has 3 unspecified atom stereocenters. The Balaban J connectivity index is 0.000000636. The average Bonchev–Trinajstić information content (AvgIpc) is 2.83. The molecule has 0 spiro atoms. The van der Waals surface area contributed by atoms with E-state index in [-0.39, 0.29) is 5.60 Å². The van der Waals surface area contributed by atoms with Crippen molar-refractivity contribution in [3.63, 3.8) is 0 Å². The van der Waals surface area contributed by atoms with Gasteiger partial charge in [-0.3, -0.25) is 0 Å². The Bertz CT molecular complexity index is 1230. The van der Waals surface area contributed by atoms with Crippen LogP contribution in [0.2, 0.25) is 0 Å². The number of hydrogen-bond donors (Lipinski definition) is 0. The molecule has 1 aromatic heterocycles. The Morgan fingerprint density at radius 1 is 1.12 bits per heavy atom. The predicted molar refractivity (Wildman–Crippen MR) is 143 cm³/mol. The smallest absolute Gasteiger partial charge is 0.133 e. The maximum Gasteiger partial charge on any atom is 0.133 e. The highest BCUT2D eigenvalue weighted by molar-refractivity contribution is 6.09. The first-order chi connectivity index (χ1) is 16.4. The summed E-state index contributed by atoms with van der Waals surface area (Å²) in [4.78, 5) is 10.2. The van der Waals surface area contributed by atoms with Crippen molar-refractivity contribution in [3.8, 4) is 5.75 Å². The van der Waals surface area contributed by atoms with Crippen LogP contribution in [0.25, 0.3) is 34.0 Å². The van der Waals surface area contributed by atoms with Crippen molar-refractivity contribution in [2.75, 3.05) is 13.7 Å². The quantitative estimate of drug-likeness (QED) is 0.376. The molecule has 2 aromatic carbocycles. The average molecular weight is 459 g/mol. The summed E-state index contributed by atoms with van der Waals surface area (Å²) in [6.45, 7) is 15.7. The molecule has 3 atom stereocenters. The van der Waals surface area contributed by atoms with E-state index in [1.165, 1.54) is 24.8 Å². The van der Waals surface area contributed by atoms with Gasteiger partial charge in [-0.15, -0.1) is 0 Å². The van der Waals surface area contributed by atoms with E-state index in [4.69, 9.17) is 14.7 Å². The molecule has 0 bridgehead atoms. The van der Waals surface area contributed by atoms with Gasteiger partial charge in [0, 0.05) is 36.0 Å². The summed E-state index contributed by atoms with van der Waals surface area (Å²) in [6.07, 6.45) is 9.49. The van der Waals surface area contributed by atoms with Gasteiger partial charge in [0.05, 0.1) is 22.4 Å². The van der Waals surface area contributed by atoms with Crippen molar-refractivity contribution in [3.05, 3.63) is 53.9 Å². The Morgan fingerprint density at radius 3 is 2.44 bits per heavy atom. The fraction of sp³-hybridized carbons (Fsp3) is 0.467. The number of fused-ring (bicyclic) bond motifs is 8. The van der Waals surface area contributed by atoms with Crippen LogP contribution in [0.5, 0.6) is 5.75 Å². The molecule has 0 saturated heterocycles. The molecule has 4 heteroatoms. The van der Waals surface area contributed by atoms with Crippen LogP contribution in [0, 0.1) is 11.8 Å². The van der Waals surface area contributed by atoms with Crippen molar-refractivity contribution < 1.29 is 9.47 Å². The number of allylic oxidation sites excluding steroid dienone is 1. The maximum absolute atomic E-state index is 6.79. The SMILES string of the molecule is C=Cc1nc2c3c(c4ccccc4c2nc1/C=C\C)OC(C)(C)C1CCC(C)CC31.CCOC. The number of nitrogens with zero attached hydrogens (tertiary/aromatic N) is 2. The second-order valence-electron chi connectivity index (χ2n) is 10.1. The Kier molecular flexibility index (Phi) is 7.09. The van der Waals surface area contributed by atoms with Gasteiger partial charge in [-0.2, -0.15) is 0 Å². The third-order valence-corrected chi connectivity index (χ3v) is 7.43. The number of rotatable bonds is 3. The molecule has 1 aliphatic carbocycles. The Morgan fingerprint density at radius 2 is 1.79 bits per heavy atom. The predicted octanol–water partition coefficient (Wildman–Crippen LogP) is 7.80. The van der Waals surface area contributed by atoms with Gasteiger partial charge in [0.1, 0.15) is 11.4 Å². The van der Waals surface area contributed by atoms with Crippen molar-refractivity contribution >= 4 is 34.0 Å². The molecule has 34 heavy (non-hydrogen) atoms. The van der Waals surface area contributed by atoms with Gasteiger partial charge in [-0.25, -0.2) is 9.97 Å². The fourth-order valence-corrected chi connectivity index (χ4v) is 5.73. The lowest BCUT2D eigenvalue weighted by molar-refractivity contribution is -0.0115. The molecule has 4 nitrogen and oxygen atoms in total. The molecule has 1 saturated carbocycles. The van der Waals surface area contributed by atoms with Crippen LogP contribution in [-0.2, 0) is 4.74 Å².